The van der Waals surface area contributed by atoms with Gasteiger partial charge in [0.1, 0.15) is 5.82 Å². The lowest BCUT2D eigenvalue weighted by atomic mass is 10.2. The second-order valence-corrected chi connectivity index (χ2v) is 8.36. The van der Waals surface area contributed by atoms with Gasteiger partial charge in [0.15, 0.2) is 5.82 Å². The van der Waals surface area contributed by atoms with Gasteiger partial charge in [-0.3, -0.25) is 4.90 Å². The van der Waals surface area contributed by atoms with E-state index >= 15 is 0 Å². The van der Waals surface area contributed by atoms with Crippen LogP contribution in [0.3, 0.4) is 0 Å². The number of benzene rings is 1. The quantitative estimate of drug-likeness (QED) is 0.447. The highest BCUT2D eigenvalue weighted by atomic mass is 32.1. The molecule has 8 heteroatoms. The second kappa shape index (κ2) is 9.36. The third-order valence-electron chi connectivity index (χ3n) is 5.53. The molecule has 0 spiro atoms. The molecule has 0 bridgehead atoms. The summed E-state index contributed by atoms with van der Waals surface area (Å²) in [5.74, 6) is 2.53. The van der Waals surface area contributed by atoms with E-state index in [1.165, 1.54) is 0 Å². The fraction of sp³-hybridized carbons (Fsp3) is 0.304. The Kier molecular flexibility index (Phi) is 5.99. The van der Waals surface area contributed by atoms with Crippen molar-refractivity contribution < 1.29 is 0 Å². The number of nitrogens with one attached hydrogen (secondary N) is 1. The zero-order chi connectivity index (χ0) is 20.9. The lowest BCUT2D eigenvalue weighted by Crippen LogP contribution is -2.47. The summed E-state index contributed by atoms with van der Waals surface area (Å²) in [6.45, 7) is 5.97. The Morgan fingerprint density at radius 1 is 0.935 bits per heavy atom. The van der Waals surface area contributed by atoms with Crippen LogP contribution in [0.25, 0.3) is 22.3 Å². The van der Waals surface area contributed by atoms with Crippen LogP contribution in [-0.4, -0.2) is 64.1 Å². The molecule has 31 heavy (non-hydrogen) atoms. The van der Waals surface area contributed by atoms with Gasteiger partial charge in [-0.2, -0.15) is 11.3 Å². The maximum absolute atomic E-state index is 4.82. The summed E-state index contributed by atoms with van der Waals surface area (Å²) in [5, 5.41) is 8.78. The number of hydrogen-bond acceptors (Lipinski definition) is 8. The van der Waals surface area contributed by atoms with Gasteiger partial charge in [-0.15, -0.1) is 0 Å². The van der Waals surface area contributed by atoms with E-state index in [1.54, 1.807) is 23.7 Å². The van der Waals surface area contributed by atoms with E-state index in [9.17, 15) is 0 Å². The Balaban J connectivity index is 1.17. The van der Waals surface area contributed by atoms with E-state index in [4.69, 9.17) is 9.97 Å². The molecule has 0 radical (unpaired) electrons. The van der Waals surface area contributed by atoms with Gasteiger partial charge in [0.05, 0.1) is 5.52 Å². The molecule has 1 aromatic carbocycles. The number of anilines is 2. The van der Waals surface area contributed by atoms with Crippen molar-refractivity contribution in [2.45, 2.75) is 6.42 Å². The number of para-hydroxylation sites is 1. The van der Waals surface area contributed by atoms with Crippen molar-refractivity contribution in [2.24, 2.45) is 0 Å². The van der Waals surface area contributed by atoms with Crippen molar-refractivity contribution in [1.82, 2.24) is 24.8 Å². The van der Waals surface area contributed by atoms with Gasteiger partial charge in [-0.1, -0.05) is 12.1 Å². The minimum atomic E-state index is 0.779. The molecule has 158 valence electrons. The normalized spacial score (nSPS) is 14.8. The Morgan fingerprint density at radius 3 is 2.58 bits per heavy atom. The lowest BCUT2D eigenvalue weighted by molar-refractivity contribution is 0.256. The molecule has 0 amide bonds. The first-order valence-corrected chi connectivity index (χ1v) is 11.6. The molecule has 4 aromatic rings. The summed E-state index contributed by atoms with van der Waals surface area (Å²) in [4.78, 5) is 23.1. The first kappa shape index (κ1) is 19.8. The van der Waals surface area contributed by atoms with Crippen LogP contribution >= 0.6 is 11.3 Å². The molecule has 1 fully saturated rings. The number of nitrogens with zero attached hydrogens (tertiary/aromatic N) is 6. The fourth-order valence-electron chi connectivity index (χ4n) is 3.87. The molecule has 0 aliphatic carbocycles. The highest BCUT2D eigenvalue weighted by Crippen LogP contribution is 2.26. The molecule has 1 saturated heterocycles. The molecule has 4 heterocycles. The van der Waals surface area contributed by atoms with E-state index in [0.717, 1.165) is 79.7 Å². The van der Waals surface area contributed by atoms with Crippen molar-refractivity contribution >= 4 is 34.0 Å². The average molecular weight is 432 g/mol. The maximum Gasteiger partial charge on any atom is 0.225 e. The van der Waals surface area contributed by atoms with E-state index in [1.807, 2.05) is 24.3 Å². The molecule has 1 aliphatic rings. The van der Waals surface area contributed by atoms with Crippen molar-refractivity contribution in [2.75, 3.05) is 49.5 Å². The number of hydrogen-bond donors (Lipinski definition) is 1. The van der Waals surface area contributed by atoms with Gasteiger partial charge in [0.2, 0.25) is 5.95 Å². The Bertz CT molecular complexity index is 1110. The molecule has 5 rings (SSSR count). The average Bonchev–Trinajstić information content (AvgIpc) is 3.38. The SMILES string of the molecule is c1cnc(N2CCN(CCCNc3nc(-c4ccsc4)nc4ccccc34)CC2)nc1. The van der Waals surface area contributed by atoms with Crippen LogP contribution in [0.1, 0.15) is 6.42 Å². The first-order chi connectivity index (χ1) is 15.4. The summed E-state index contributed by atoms with van der Waals surface area (Å²) in [6, 6.07) is 12.1. The molecule has 0 saturated carbocycles. The minimum Gasteiger partial charge on any atom is -0.369 e. The molecule has 3 aromatic heterocycles. The third-order valence-corrected chi connectivity index (χ3v) is 6.22. The molecular formula is C23H25N7S. The summed E-state index contributed by atoms with van der Waals surface area (Å²) in [6.07, 6.45) is 4.68. The van der Waals surface area contributed by atoms with Crippen molar-refractivity contribution in [3.8, 4) is 11.4 Å². The Morgan fingerprint density at radius 2 is 1.77 bits per heavy atom. The van der Waals surface area contributed by atoms with Gasteiger partial charge in [0, 0.05) is 61.4 Å². The van der Waals surface area contributed by atoms with E-state index in [-0.39, 0.29) is 0 Å². The zero-order valence-corrected chi connectivity index (χ0v) is 18.1. The topological polar surface area (TPSA) is 70.1 Å². The van der Waals surface area contributed by atoms with Gasteiger partial charge in [-0.25, -0.2) is 19.9 Å². The molecule has 0 unspecified atom stereocenters. The van der Waals surface area contributed by atoms with Crippen molar-refractivity contribution in [3.63, 3.8) is 0 Å². The zero-order valence-electron chi connectivity index (χ0n) is 17.3. The second-order valence-electron chi connectivity index (χ2n) is 7.58. The minimum absolute atomic E-state index is 0.779. The van der Waals surface area contributed by atoms with Gasteiger partial charge in [-0.05, 0) is 42.6 Å². The van der Waals surface area contributed by atoms with Crippen LogP contribution < -0.4 is 10.2 Å². The smallest absolute Gasteiger partial charge is 0.225 e. The molecule has 1 N–H and O–H groups in total. The van der Waals surface area contributed by atoms with Crippen LogP contribution in [0.5, 0.6) is 0 Å². The van der Waals surface area contributed by atoms with Gasteiger partial charge in [0.25, 0.3) is 0 Å². The van der Waals surface area contributed by atoms with Crippen LogP contribution in [-0.2, 0) is 0 Å². The molecule has 0 atom stereocenters. The predicted octanol–water partition coefficient (Wildman–Crippen LogP) is 3.77. The molecule has 7 nitrogen and oxygen atoms in total. The van der Waals surface area contributed by atoms with Crippen LogP contribution in [0.2, 0.25) is 0 Å². The number of aromatic nitrogens is 4. The highest BCUT2D eigenvalue weighted by Gasteiger charge is 2.18. The monoisotopic (exact) mass is 431 g/mol. The summed E-state index contributed by atoms with van der Waals surface area (Å²) < 4.78 is 0. The molecular weight excluding hydrogens is 406 g/mol. The lowest BCUT2D eigenvalue weighted by Gasteiger charge is -2.34. The largest absolute Gasteiger partial charge is 0.369 e. The van der Waals surface area contributed by atoms with Crippen molar-refractivity contribution in [3.05, 3.63) is 59.6 Å². The highest BCUT2D eigenvalue weighted by molar-refractivity contribution is 7.08. The van der Waals surface area contributed by atoms with Crippen LogP contribution in [0, 0.1) is 0 Å². The van der Waals surface area contributed by atoms with Crippen LogP contribution in [0.4, 0.5) is 11.8 Å². The number of piperazine rings is 1. The summed E-state index contributed by atoms with van der Waals surface area (Å²) in [5.41, 5.74) is 2.04. The predicted molar refractivity (Wildman–Crippen MR) is 127 cm³/mol. The number of thiophene rings is 1. The number of rotatable bonds is 7. The van der Waals surface area contributed by atoms with E-state index < -0.39 is 0 Å². The Hall–Kier alpha value is -3.10. The van der Waals surface area contributed by atoms with E-state index in [0.29, 0.717) is 0 Å². The standard InChI is InChI=1S/C23H25N7S/c1-2-6-20-19(5-1)22(28-21(27-20)18-7-16-31-17-18)24-10-4-11-29-12-14-30(15-13-29)23-25-8-3-9-26-23/h1-3,5-9,16-17H,4,10-15H2,(H,24,27,28). The summed E-state index contributed by atoms with van der Waals surface area (Å²) in [7, 11) is 0. The summed E-state index contributed by atoms with van der Waals surface area (Å²) >= 11 is 1.66. The van der Waals surface area contributed by atoms with Gasteiger partial charge < -0.3 is 10.2 Å². The van der Waals surface area contributed by atoms with E-state index in [2.05, 4.69) is 48.0 Å². The van der Waals surface area contributed by atoms with Crippen LogP contribution in [0.15, 0.2) is 59.6 Å². The third kappa shape index (κ3) is 4.65. The molecule has 1 aliphatic heterocycles. The van der Waals surface area contributed by atoms with Gasteiger partial charge >= 0.3 is 0 Å². The number of fused-ring (bicyclic) bond motifs is 1. The fourth-order valence-corrected chi connectivity index (χ4v) is 4.50. The maximum atomic E-state index is 4.82. The van der Waals surface area contributed by atoms with Crippen molar-refractivity contribution in [1.29, 1.82) is 0 Å². The first-order valence-electron chi connectivity index (χ1n) is 10.6. The Labute approximate surface area is 185 Å².